The summed E-state index contributed by atoms with van der Waals surface area (Å²) in [5.74, 6) is -0.0633. The van der Waals surface area contributed by atoms with Gasteiger partial charge in [0.25, 0.3) is 5.91 Å². The Balaban J connectivity index is 1.36. The fourth-order valence-corrected chi connectivity index (χ4v) is 3.29. The zero-order valence-electron chi connectivity index (χ0n) is 16.5. The Labute approximate surface area is 172 Å². The Morgan fingerprint density at radius 3 is 2.73 bits per heavy atom. The van der Waals surface area contributed by atoms with Gasteiger partial charge in [-0.05, 0) is 26.0 Å². The monoisotopic (exact) mass is 415 g/mol. The van der Waals surface area contributed by atoms with Gasteiger partial charge in [0.15, 0.2) is 23.4 Å². The summed E-state index contributed by atoms with van der Waals surface area (Å²) in [4.78, 5) is 38.7. The second kappa shape index (κ2) is 8.05. The quantitative estimate of drug-likeness (QED) is 0.733. The summed E-state index contributed by atoms with van der Waals surface area (Å²) in [6, 6.07) is 6.75. The van der Waals surface area contributed by atoms with Crippen LogP contribution in [0.15, 0.2) is 28.8 Å². The van der Waals surface area contributed by atoms with E-state index in [1.165, 1.54) is 11.8 Å². The molecule has 10 heteroatoms. The van der Waals surface area contributed by atoms with E-state index in [2.05, 4.69) is 10.5 Å². The Morgan fingerprint density at radius 2 is 2.00 bits per heavy atom. The molecule has 2 unspecified atom stereocenters. The lowest BCUT2D eigenvalue weighted by molar-refractivity contribution is -0.157. The first kappa shape index (κ1) is 19.7. The standard InChI is InChI=1S/C20H21N3O7/c1-11-7-17(22-30-11)21-19(25)12(2)29-20(26)13-8-18(24)23(10-13)14-3-4-15-16(9-14)28-6-5-27-15/h3-4,7,9,12-13H,5-6,8,10H2,1-2H3,(H,21,22,25). The van der Waals surface area contributed by atoms with Crippen LogP contribution in [-0.4, -0.2) is 48.8 Å². The molecule has 1 N–H and O–H groups in total. The van der Waals surface area contributed by atoms with Crippen molar-refractivity contribution in [3.05, 3.63) is 30.0 Å². The highest BCUT2D eigenvalue weighted by molar-refractivity contribution is 6.00. The SMILES string of the molecule is Cc1cc(NC(=O)C(C)OC(=O)C2CC(=O)N(c3ccc4c(c3)OCCO4)C2)no1. The number of aryl methyl sites for hydroxylation is 1. The van der Waals surface area contributed by atoms with E-state index in [-0.39, 0.29) is 24.7 Å². The average Bonchev–Trinajstić information content (AvgIpc) is 3.32. The van der Waals surface area contributed by atoms with Crippen LogP contribution in [0.4, 0.5) is 11.5 Å². The van der Waals surface area contributed by atoms with E-state index in [0.29, 0.717) is 36.2 Å². The highest BCUT2D eigenvalue weighted by Gasteiger charge is 2.37. The molecule has 2 aromatic rings. The van der Waals surface area contributed by atoms with Crippen molar-refractivity contribution in [2.45, 2.75) is 26.4 Å². The highest BCUT2D eigenvalue weighted by atomic mass is 16.6. The van der Waals surface area contributed by atoms with Crippen molar-refractivity contribution >= 4 is 29.3 Å². The van der Waals surface area contributed by atoms with Gasteiger partial charge in [-0.1, -0.05) is 5.16 Å². The minimum Gasteiger partial charge on any atom is -0.486 e. The van der Waals surface area contributed by atoms with Crippen LogP contribution in [0, 0.1) is 12.8 Å². The Hall–Kier alpha value is -3.56. The van der Waals surface area contributed by atoms with Crippen molar-refractivity contribution in [3.8, 4) is 11.5 Å². The van der Waals surface area contributed by atoms with Crippen molar-refractivity contribution in [1.29, 1.82) is 0 Å². The van der Waals surface area contributed by atoms with Gasteiger partial charge >= 0.3 is 5.97 Å². The summed E-state index contributed by atoms with van der Waals surface area (Å²) >= 11 is 0. The van der Waals surface area contributed by atoms with Crippen LogP contribution in [0.3, 0.4) is 0 Å². The second-order valence-corrected chi connectivity index (χ2v) is 7.12. The molecule has 2 amide bonds. The average molecular weight is 415 g/mol. The molecular formula is C20H21N3O7. The molecule has 2 aliphatic heterocycles. The van der Waals surface area contributed by atoms with Gasteiger partial charge in [-0.2, -0.15) is 0 Å². The maximum atomic E-state index is 12.5. The first-order valence-corrected chi connectivity index (χ1v) is 9.55. The number of carbonyl (C=O) groups excluding carboxylic acids is 3. The van der Waals surface area contributed by atoms with E-state index in [9.17, 15) is 14.4 Å². The van der Waals surface area contributed by atoms with Crippen LogP contribution in [0.25, 0.3) is 0 Å². The number of carbonyl (C=O) groups is 3. The van der Waals surface area contributed by atoms with Crippen LogP contribution >= 0.6 is 0 Å². The summed E-state index contributed by atoms with van der Waals surface area (Å²) in [7, 11) is 0. The minimum absolute atomic E-state index is 0.00406. The molecule has 1 aromatic carbocycles. The van der Waals surface area contributed by atoms with Crippen LogP contribution in [-0.2, 0) is 19.1 Å². The number of benzene rings is 1. The number of hydrogen-bond acceptors (Lipinski definition) is 8. The number of aromatic nitrogens is 1. The summed E-state index contributed by atoms with van der Waals surface area (Å²) < 4.78 is 21.2. The summed E-state index contributed by atoms with van der Waals surface area (Å²) in [6.45, 7) is 4.22. The molecule has 0 aliphatic carbocycles. The summed E-state index contributed by atoms with van der Waals surface area (Å²) in [6.07, 6.45) is -1.04. The Morgan fingerprint density at radius 1 is 1.23 bits per heavy atom. The van der Waals surface area contributed by atoms with Crippen molar-refractivity contribution in [1.82, 2.24) is 5.16 Å². The fourth-order valence-electron chi connectivity index (χ4n) is 3.29. The topological polar surface area (TPSA) is 120 Å². The molecule has 0 saturated carbocycles. The zero-order chi connectivity index (χ0) is 21.3. The van der Waals surface area contributed by atoms with Gasteiger partial charge in [-0.25, -0.2) is 0 Å². The van der Waals surface area contributed by atoms with Crippen LogP contribution < -0.4 is 19.7 Å². The minimum atomic E-state index is -1.05. The van der Waals surface area contributed by atoms with E-state index in [1.807, 2.05) is 0 Å². The highest BCUT2D eigenvalue weighted by Crippen LogP contribution is 2.36. The van der Waals surface area contributed by atoms with Crippen molar-refractivity contribution in [3.63, 3.8) is 0 Å². The maximum Gasteiger partial charge on any atom is 0.312 e. The van der Waals surface area contributed by atoms with Gasteiger partial charge in [0.1, 0.15) is 19.0 Å². The first-order chi connectivity index (χ1) is 14.4. The lowest BCUT2D eigenvalue weighted by Gasteiger charge is -2.22. The van der Waals surface area contributed by atoms with Gasteiger partial charge in [0, 0.05) is 30.8 Å². The molecule has 3 heterocycles. The molecule has 1 aromatic heterocycles. The van der Waals surface area contributed by atoms with E-state index in [4.69, 9.17) is 18.7 Å². The molecule has 0 bridgehead atoms. The number of nitrogens with zero attached hydrogens (tertiary/aromatic N) is 2. The summed E-state index contributed by atoms with van der Waals surface area (Å²) in [5, 5.41) is 6.17. The number of rotatable bonds is 5. The molecular weight excluding hydrogens is 394 g/mol. The Kier molecular flexibility index (Phi) is 5.30. The predicted molar refractivity (Wildman–Crippen MR) is 103 cm³/mol. The van der Waals surface area contributed by atoms with E-state index in [0.717, 1.165) is 0 Å². The number of hydrogen-bond donors (Lipinski definition) is 1. The Bertz CT molecular complexity index is 987. The lowest BCUT2D eigenvalue weighted by Crippen LogP contribution is -2.33. The third-order valence-corrected chi connectivity index (χ3v) is 4.84. The van der Waals surface area contributed by atoms with Gasteiger partial charge in [-0.15, -0.1) is 0 Å². The normalized spacial score (nSPS) is 18.8. The second-order valence-electron chi connectivity index (χ2n) is 7.12. The fraction of sp³-hybridized carbons (Fsp3) is 0.400. The first-order valence-electron chi connectivity index (χ1n) is 9.55. The van der Waals surface area contributed by atoms with E-state index >= 15 is 0 Å². The van der Waals surface area contributed by atoms with Crippen molar-refractivity contribution in [2.24, 2.45) is 5.92 Å². The zero-order valence-corrected chi connectivity index (χ0v) is 16.5. The van der Waals surface area contributed by atoms with Gasteiger partial charge < -0.3 is 29.0 Å². The summed E-state index contributed by atoms with van der Waals surface area (Å²) in [5.41, 5.74) is 0.617. The van der Waals surface area contributed by atoms with Crippen LogP contribution in [0.5, 0.6) is 11.5 Å². The molecule has 30 heavy (non-hydrogen) atoms. The third kappa shape index (κ3) is 4.07. The molecule has 158 valence electrons. The van der Waals surface area contributed by atoms with E-state index in [1.54, 1.807) is 31.2 Å². The molecule has 2 atom stereocenters. The van der Waals surface area contributed by atoms with Gasteiger partial charge in [-0.3, -0.25) is 14.4 Å². The smallest absolute Gasteiger partial charge is 0.312 e. The largest absolute Gasteiger partial charge is 0.486 e. The van der Waals surface area contributed by atoms with Crippen molar-refractivity contribution in [2.75, 3.05) is 30.0 Å². The van der Waals surface area contributed by atoms with Crippen LogP contribution in [0.2, 0.25) is 0 Å². The molecule has 0 radical (unpaired) electrons. The number of amides is 2. The maximum absolute atomic E-state index is 12.5. The number of esters is 1. The number of ether oxygens (including phenoxy) is 3. The molecule has 0 spiro atoms. The molecule has 1 fully saturated rings. The van der Waals surface area contributed by atoms with E-state index < -0.39 is 23.9 Å². The molecule has 2 aliphatic rings. The van der Waals surface area contributed by atoms with Crippen molar-refractivity contribution < 1.29 is 33.1 Å². The predicted octanol–water partition coefficient (Wildman–Crippen LogP) is 1.68. The number of nitrogens with one attached hydrogen (secondary N) is 1. The number of anilines is 2. The lowest BCUT2D eigenvalue weighted by atomic mass is 10.1. The van der Waals surface area contributed by atoms with Gasteiger partial charge in [0.05, 0.1) is 5.92 Å². The van der Waals surface area contributed by atoms with Crippen LogP contribution in [0.1, 0.15) is 19.1 Å². The molecule has 10 nitrogen and oxygen atoms in total. The molecule has 4 rings (SSSR count). The molecule has 1 saturated heterocycles. The third-order valence-electron chi connectivity index (χ3n) is 4.84. The number of fused-ring (bicyclic) bond motifs is 1. The van der Waals surface area contributed by atoms with Gasteiger partial charge in [0.2, 0.25) is 5.91 Å².